The van der Waals surface area contributed by atoms with Crippen molar-refractivity contribution in [2.24, 2.45) is 0 Å². The summed E-state index contributed by atoms with van der Waals surface area (Å²) in [5, 5.41) is 10.3. The number of rotatable bonds is 7. The highest BCUT2D eigenvalue weighted by atomic mass is 16.5. The summed E-state index contributed by atoms with van der Waals surface area (Å²) in [7, 11) is 1.52. The first-order valence-corrected chi connectivity index (χ1v) is 9.56. The molecule has 0 bridgehead atoms. The van der Waals surface area contributed by atoms with Gasteiger partial charge in [-0.05, 0) is 32.0 Å². The lowest BCUT2D eigenvalue weighted by Gasteiger charge is -2.15. The predicted molar refractivity (Wildman–Crippen MR) is 110 cm³/mol. The van der Waals surface area contributed by atoms with E-state index in [0.717, 1.165) is 26.2 Å². The number of anilines is 3. The molecule has 0 aliphatic carbocycles. The normalized spacial score (nSPS) is 14.2. The number of pyridine rings is 1. The summed E-state index contributed by atoms with van der Waals surface area (Å²) < 4.78 is 6.75. The van der Waals surface area contributed by atoms with Gasteiger partial charge in [-0.15, -0.1) is 5.10 Å². The molecule has 0 unspecified atom stereocenters. The van der Waals surface area contributed by atoms with Gasteiger partial charge in [-0.3, -0.25) is 9.78 Å². The van der Waals surface area contributed by atoms with Crippen molar-refractivity contribution in [1.29, 1.82) is 0 Å². The van der Waals surface area contributed by atoms with Gasteiger partial charge in [0.25, 0.3) is 5.91 Å². The molecule has 0 atom stereocenters. The topological polar surface area (TPSA) is 123 Å². The van der Waals surface area contributed by atoms with Crippen molar-refractivity contribution in [2.75, 3.05) is 49.7 Å². The molecule has 4 rings (SSSR count). The monoisotopic (exact) mass is 396 g/mol. The summed E-state index contributed by atoms with van der Waals surface area (Å²) in [5.74, 6) is 0.850. The molecular weight excluding hydrogens is 372 g/mol. The molecule has 3 aromatic heterocycles. The second-order valence-electron chi connectivity index (χ2n) is 6.85. The minimum absolute atomic E-state index is 0.104. The lowest BCUT2D eigenvalue weighted by Crippen LogP contribution is -2.26. The van der Waals surface area contributed by atoms with Gasteiger partial charge in [0.05, 0.1) is 13.3 Å². The Kier molecular flexibility index (Phi) is 5.43. The number of nitrogen functional groups attached to an aromatic ring is 1. The molecule has 1 aliphatic heterocycles. The summed E-state index contributed by atoms with van der Waals surface area (Å²) >= 11 is 0. The van der Waals surface area contributed by atoms with Crippen LogP contribution in [0, 0.1) is 0 Å². The standard InChI is InChI=1S/C19H24N8O2/c1-29-14-4-6-21-12-13(14)23-19(28)16-17(20)25-27-10-5-15(24-18(16)27)22-7-11-26-8-2-3-9-26/h4-6,10,12H,2-3,7-9,11H2,1H3,(H2,20,25)(H,22,24)(H,23,28). The zero-order valence-electron chi connectivity index (χ0n) is 16.3. The Morgan fingerprint density at radius 3 is 2.93 bits per heavy atom. The minimum Gasteiger partial charge on any atom is -0.494 e. The number of nitrogens with zero attached hydrogens (tertiary/aromatic N) is 5. The van der Waals surface area contributed by atoms with Crippen molar-refractivity contribution in [3.05, 3.63) is 36.3 Å². The maximum absolute atomic E-state index is 12.9. The average molecular weight is 396 g/mol. The fourth-order valence-corrected chi connectivity index (χ4v) is 3.45. The van der Waals surface area contributed by atoms with E-state index in [-0.39, 0.29) is 11.4 Å². The zero-order chi connectivity index (χ0) is 20.2. The van der Waals surface area contributed by atoms with Crippen molar-refractivity contribution in [3.63, 3.8) is 0 Å². The van der Waals surface area contributed by atoms with E-state index in [1.165, 1.54) is 30.7 Å². The Bertz CT molecular complexity index is 1010. The lowest BCUT2D eigenvalue weighted by atomic mass is 10.2. The Hall–Kier alpha value is -3.40. The number of hydrogen-bond acceptors (Lipinski definition) is 8. The van der Waals surface area contributed by atoms with Crippen molar-refractivity contribution >= 4 is 28.9 Å². The van der Waals surface area contributed by atoms with E-state index < -0.39 is 5.91 Å². The molecule has 10 nitrogen and oxygen atoms in total. The molecule has 1 saturated heterocycles. The Morgan fingerprint density at radius 2 is 2.14 bits per heavy atom. The summed E-state index contributed by atoms with van der Waals surface area (Å²) in [6, 6.07) is 3.48. The fourth-order valence-electron chi connectivity index (χ4n) is 3.45. The van der Waals surface area contributed by atoms with E-state index in [1.54, 1.807) is 18.5 Å². The number of aromatic nitrogens is 4. The van der Waals surface area contributed by atoms with Crippen LogP contribution >= 0.6 is 0 Å². The third kappa shape index (κ3) is 4.06. The smallest absolute Gasteiger partial charge is 0.263 e. The molecule has 4 N–H and O–H groups in total. The second kappa shape index (κ2) is 8.31. The van der Waals surface area contributed by atoms with Crippen LogP contribution in [-0.2, 0) is 0 Å². The highest BCUT2D eigenvalue weighted by Crippen LogP contribution is 2.25. The summed E-state index contributed by atoms with van der Waals surface area (Å²) in [5.41, 5.74) is 7.04. The average Bonchev–Trinajstić information content (AvgIpc) is 3.35. The van der Waals surface area contributed by atoms with Gasteiger partial charge in [0.1, 0.15) is 22.8 Å². The Balaban J connectivity index is 1.53. The second-order valence-corrected chi connectivity index (χ2v) is 6.85. The molecule has 152 valence electrons. The summed E-state index contributed by atoms with van der Waals surface area (Å²) in [4.78, 5) is 23.9. The Morgan fingerprint density at radius 1 is 1.31 bits per heavy atom. The lowest BCUT2D eigenvalue weighted by molar-refractivity contribution is 0.102. The van der Waals surface area contributed by atoms with Crippen LogP contribution in [0.4, 0.5) is 17.3 Å². The third-order valence-corrected chi connectivity index (χ3v) is 4.92. The molecule has 0 spiro atoms. The van der Waals surface area contributed by atoms with Crippen molar-refractivity contribution in [1.82, 2.24) is 24.5 Å². The third-order valence-electron chi connectivity index (χ3n) is 4.92. The first-order valence-electron chi connectivity index (χ1n) is 9.56. The van der Waals surface area contributed by atoms with Gasteiger partial charge in [-0.1, -0.05) is 0 Å². The molecule has 1 fully saturated rings. The Labute approximate surface area is 168 Å². The number of carbonyl (C=O) groups is 1. The predicted octanol–water partition coefficient (Wildman–Crippen LogP) is 1.48. The van der Waals surface area contributed by atoms with Crippen molar-refractivity contribution in [3.8, 4) is 5.75 Å². The largest absolute Gasteiger partial charge is 0.494 e. The molecule has 0 radical (unpaired) electrons. The summed E-state index contributed by atoms with van der Waals surface area (Å²) in [6.07, 6.45) is 7.36. The molecule has 1 aliphatic rings. The molecule has 1 amide bonds. The van der Waals surface area contributed by atoms with Gasteiger partial charge in [-0.2, -0.15) is 0 Å². The number of amides is 1. The molecule has 3 aromatic rings. The van der Waals surface area contributed by atoms with Crippen LogP contribution in [-0.4, -0.2) is 63.7 Å². The minimum atomic E-state index is -0.425. The number of nitrogens with one attached hydrogen (secondary N) is 2. The number of methoxy groups -OCH3 is 1. The van der Waals surface area contributed by atoms with Crippen LogP contribution < -0.4 is 21.1 Å². The van der Waals surface area contributed by atoms with E-state index in [4.69, 9.17) is 10.5 Å². The number of carbonyl (C=O) groups excluding carboxylic acids is 1. The first-order chi connectivity index (χ1) is 14.2. The van der Waals surface area contributed by atoms with Crippen molar-refractivity contribution in [2.45, 2.75) is 12.8 Å². The molecule has 0 saturated carbocycles. The van der Waals surface area contributed by atoms with Gasteiger partial charge in [-0.25, -0.2) is 9.50 Å². The number of ether oxygens (including phenoxy) is 1. The van der Waals surface area contributed by atoms with Gasteiger partial charge < -0.3 is 26.0 Å². The summed E-state index contributed by atoms with van der Waals surface area (Å²) in [6.45, 7) is 4.04. The van der Waals surface area contributed by atoms with Crippen molar-refractivity contribution < 1.29 is 9.53 Å². The van der Waals surface area contributed by atoms with Crippen LogP contribution in [0.1, 0.15) is 23.2 Å². The van der Waals surface area contributed by atoms with Crippen LogP contribution in [0.15, 0.2) is 30.7 Å². The van der Waals surface area contributed by atoms with Crippen LogP contribution in [0.3, 0.4) is 0 Å². The van der Waals surface area contributed by atoms with Crippen LogP contribution in [0.5, 0.6) is 5.75 Å². The quantitative estimate of drug-likeness (QED) is 0.549. The van der Waals surface area contributed by atoms with Crippen LogP contribution in [0.2, 0.25) is 0 Å². The van der Waals surface area contributed by atoms with Gasteiger partial charge in [0, 0.05) is 31.5 Å². The fraction of sp³-hybridized carbons (Fsp3) is 0.368. The van der Waals surface area contributed by atoms with Gasteiger partial charge >= 0.3 is 0 Å². The molecular formula is C19H24N8O2. The number of nitrogens with two attached hydrogens (primary N) is 1. The highest BCUT2D eigenvalue weighted by molar-refractivity contribution is 6.12. The van der Waals surface area contributed by atoms with E-state index in [0.29, 0.717) is 22.9 Å². The van der Waals surface area contributed by atoms with Crippen LogP contribution in [0.25, 0.3) is 5.65 Å². The SMILES string of the molecule is COc1ccncc1NC(=O)c1c(N)nn2ccc(NCCN3CCCC3)nc12. The maximum Gasteiger partial charge on any atom is 0.263 e. The van der Waals surface area contributed by atoms with E-state index >= 15 is 0 Å². The zero-order valence-corrected chi connectivity index (χ0v) is 16.3. The molecule has 29 heavy (non-hydrogen) atoms. The van der Waals surface area contributed by atoms with E-state index in [1.807, 2.05) is 6.07 Å². The van der Waals surface area contributed by atoms with E-state index in [9.17, 15) is 4.79 Å². The number of likely N-dealkylation sites (tertiary alicyclic amines) is 1. The molecule has 0 aromatic carbocycles. The number of hydrogen-bond donors (Lipinski definition) is 3. The van der Waals surface area contributed by atoms with E-state index in [2.05, 4.69) is 30.6 Å². The maximum atomic E-state index is 12.9. The number of fused-ring (bicyclic) bond motifs is 1. The molecule has 4 heterocycles. The van der Waals surface area contributed by atoms with Gasteiger partial charge in [0.15, 0.2) is 11.5 Å². The van der Waals surface area contributed by atoms with Gasteiger partial charge in [0.2, 0.25) is 0 Å². The molecule has 10 heteroatoms. The highest BCUT2D eigenvalue weighted by Gasteiger charge is 2.21. The first kappa shape index (κ1) is 18.9.